The zero-order chi connectivity index (χ0) is 20.8. The molecule has 3 aromatic rings. The number of carbonyl (C=O) groups is 1. The number of fused-ring (bicyclic) bond motifs is 1. The molecule has 1 aliphatic rings. The van der Waals surface area contributed by atoms with Crippen LogP contribution in [0.4, 0.5) is 0 Å². The Labute approximate surface area is 176 Å². The van der Waals surface area contributed by atoms with Crippen molar-refractivity contribution in [2.24, 2.45) is 0 Å². The number of ketones is 1. The predicted molar refractivity (Wildman–Crippen MR) is 117 cm³/mol. The highest BCUT2D eigenvalue weighted by molar-refractivity contribution is 5.96. The third kappa shape index (κ3) is 4.87. The highest BCUT2D eigenvalue weighted by Gasteiger charge is 2.12. The molecule has 150 valence electrons. The van der Waals surface area contributed by atoms with Crippen LogP contribution < -0.4 is 10.3 Å². The minimum Gasteiger partial charge on any atom is -0.489 e. The van der Waals surface area contributed by atoms with Crippen LogP contribution in [0.2, 0.25) is 0 Å². The molecule has 0 atom stereocenters. The van der Waals surface area contributed by atoms with Crippen molar-refractivity contribution in [3.05, 3.63) is 99.5 Å². The van der Waals surface area contributed by atoms with E-state index in [1.165, 1.54) is 21.8 Å². The molecule has 1 aromatic heterocycles. The number of rotatable bonds is 6. The maximum atomic E-state index is 12.8. The number of Topliss-reactive ketones (excluding diaryl/α,β-unsaturated/α-hetero) is 1. The molecule has 0 saturated heterocycles. The number of ether oxygens (including phenoxy) is 1. The van der Waals surface area contributed by atoms with Gasteiger partial charge in [0.05, 0.1) is 6.54 Å². The molecule has 1 aliphatic carbocycles. The van der Waals surface area contributed by atoms with Crippen LogP contribution in [-0.4, -0.2) is 10.4 Å². The standard InChI is InChI=1S/C26H23NO3/c28-25(23-13-12-21-10-6-1-2-7-11-22(21)16-23)18-27-15-14-24(17-26(27)29)30-19-20-8-4-3-5-9-20/h3-5,8-9,12-17H,6-7,10-11,18-19H2. The Morgan fingerprint density at radius 2 is 1.70 bits per heavy atom. The average Bonchev–Trinajstić information content (AvgIpc) is 2.75. The Morgan fingerprint density at radius 3 is 2.47 bits per heavy atom. The van der Waals surface area contributed by atoms with E-state index in [9.17, 15) is 9.59 Å². The molecule has 0 spiro atoms. The van der Waals surface area contributed by atoms with Gasteiger partial charge in [0.25, 0.3) is 5.56 Å². The second-order valence-corrected chi connectivity index (χ2v) is 7.36. The third-order valence-corrected chi connectivity index (χ3v) is 5.22. The lowest BCUT2D eigenvalue weighted by atomic mass is 9.94. The molecule has 0 bridgehead atoms. The minimum absolute atomic E-state index is 0.0103. The third-order valence-electron chi connectivity index (χ3n) is 5.22. The van der Waals surface area contributed by atoms with E-state index in [0.717, 1.165) is 31.2 Å². The highest BCUT2D eigenvalue weighted by atomic mass is 16.5. The van der Waals surface area contributed by atoms with Crippen molar-refractivity contribution in [1.29, 1.82) is 0 Å². The lowest BCUT2D eigenvalue weighted by molar-refractivity contribution is 0.0970. The van der Waals surface area contributed by atoms with Crippen molar-refractivity contribution in [3.63, 3.8) is 0 Å². The number of aromatic nitrogens is 1. The summed E-state index contributed by atoms with van der Waals surface area (Å²) < 4.78 is 7.11. The number of pyridine rings is 1. The molecule has 0 saturated carbocycles. The van der Waals surface area contributed by atoms with Gasteiger partial charge in [-0.2, -0.15) is 0 Å². The molecule has 4 nitrogen and oxygen atoms in total. The molecule has 0 N–H and O–H groups in total. The minimum atomic E-state index is -0.254. The predicted octanol–water partition coefficient (Wildman–Crippen LogP) is 4.19. The quantitative estimate of drug-likeness (QED) is 0.463. The van der Waals surface area contributed by atoms with Crippen LogP contribution in [-0.2, 0) is 26.0 Å². The lowest BCUT2D eigenvalue weighted by Crippen LogP contribution is -2.23. The van der Waals surface area contributed by atoms with Crippen LogP contribution in [0.3, 0.4) is 0 Å². The largest absolute Gasteiger partial charge is 0.489 e. The van der Waals surface area contributed by atoms with Crippen LogP contribution in [0.1, 0.15) is 39.9 Å². The van der Waals surface area contributed by atoms with E-state index >= 15 is 0 Å². The first-order valence-electron chi connectivity index (χ1n) is 10.2. The van der Waals surface area contributed by atoms with E-state index in [1.54, 1.807) is 12.3 Å². The SMILES string of the molecule is O=C(Cn1ccc(OCc2ccccc2)cc1=O)c1ccc2c(c1)CCC#CCC2. The van der Waals surface area contributed by atoms with Gasteiger partial charge in [-0.05, 0) is 41.7 Å². The maximum absolute atomic E-state index is 12.8. The summed E-state index contributed by atoms with van der Waals surface area (Å²) in [6.45, 7) is 0.402. The van der Waals surface area contributed by atoms with E-state index in [0.29, 0.717) is 17.9 Å². The van der Waals surface area contributed by atoms with E-state index in [2.05, 4.69) is 11.8 Å². The van der Waals surface area contributed by atoms with Gasteiger partial charge in [-0.1, -0.05) is 42.5 Å². The van der Waals surface area contributed by atoms with Gasteiger partial charge in [-0.25, -0.2) is 0 Å². The number of carbonyl (C=O) groups excluding carboxylic acids is 1. The van der Waals surface area contributed by atoms with E-state index < -0.39 is 0 Å². The number of hydrogen-bond donors (Lipinski definition) is 0. The Kier molecular flexibility index (Phi) is 6.10. The molecule has 0 fully saturated rings. The topological polar surface area (TPSA) is 48.3 Å². The average molecular weight is 397 g/mol. The zero-order valence-electron chi connectivity index (χ0n) is 16.8. The van der Waals surface area contributed by atoms with Gasteiger partial charge in [0.1, 0.15) is 12.4 Å². The number of hydrogen-bond acceptors (Lipinski definition) is 3. The smallest absolute Gasteiger partial charge is 0.254 e. The number of benzene rings is 2. The molecular weight excluding hydrogens is 374 g/mol. The molecule has 30 heavy (non-hydrogen) atoms. The van der Waals surface area contributed by atoms with E-state index in [1.807, 2.05) is 48.5 Å². The van der Waals surface area contributed by atoms with Gasteiger partial charge in [0.15, 0.2) is 5.78 Å². The maximum Gasteiger partial charge on any atom is 0.254 e. The Morgan fingerprint density at radius 1 is 0.933 bits per heavy atom. The summed E-state index contributed by atoms with van der Waals surface area (Å²) in [5.41, 5.74) is 3.86. The fraction of sp³-hybridized carbons (Fsp3) is 0.231. The first-order chi connectivity index (χ1) is 14.7. The molecule has 2 aromatic carbocycles. The molecule has 0 radical (unpaired) electrons. The molecule has 0 unspecified atom stereocenters. The molecular formula is C26H23NO3. The van der Waals surface area contributed by atoms with Crippen molar-refractivity contribution < 1.29 is 9.53 Å². The Hall–Kier alpha value is -3.58. The summed E-state index contributed by atoms with van der Waals surface area (Å²) in [6, 6.07) is 18.8. The van der Waals surface area contributed by atoms with E-state index in [-0.39, 0.29) is 17.9 Å². The first kappa shape index (κ1) is 19.7. The molecule has 0 amide bonds. The van der Waals surface area contributed by atoms with Gasteiger partial charge < -0.3 is 9.30 Å². The summed E-state index contributed by atoms with van der Waals surface area (Å²) in [6.07, 6.45) is 5.06. The number of aryl methyl sites for hydroxylation is 2. The molecule has 1 heterocycles. The van der Waals surface area contributed by atoms with Crippen LogP contribution >= 0.6 is 0 Å². The summed E-state index contributed by atoms with van der Waals surface area (Å²) in [5.74, 6) is 6.74. The molecule has 0 aliphatic heterocycles. The number of nitrogens with zero attached hydrogens (tertiary/aromatic N) is 1. The van der Waals surface area contributed by atoms with Gasteiger partial charge in [0.2, 0.25) is 0 Å². The summed E-state index contributed by atoms with van der Waals surface area (Å²) in [7, 11) is 0. The second-order valence-electron chi connectivity index (χ2n) is 7.36. The van der Waals surface area contributed by atoms with Crippen LogP contribution in [0.5, 0.6) is 5.75 Å². The molecule has 4 rings (SSSR count). The van der Waals surface area contributed by atoms with Crippen molar-refractivity contribution >= 4 is 5.78 Å². The van der Waals surface area contributed by atoms with Gasteiger partial charge in [0, 0.05) is 30.7 Å². The Balaban J connectivity index is 1.43. The van der Waals surface area contributed by atoms with Crippen LogP contribution in [0.15, 0.2) is 71.7 Å². The second kappa shape index (κ2) is 9.28. The summed E-state index contributed by atoms with van der Waals surface area (Å²) in [4.78, 5) is 25.2. The summed E-state index contributed by atoms with van der Waals surface area (Å²) >= 11 is 0. The monoisotopic (exact) mass is 397 g/mol. The molecule has 4 heteroatoms. The highest BCUT2D eigenvalue weighted by Crippen LogP contribution is 2.18. The van der Waals surface area contributed by atoms with Crippen molar-refractivity contribution in [3.8, 4) is 17.6 Å². The Bertz CT molecular complexity index is 1170. The van der Waals surface area contributed by atoms with Crippen molar-refractivity contribution in [2.75, 3.05) is 0 Å². The first-order valence-corrected chi connectivity index (χ1v) is 10.2. The van der Waals surface area contributed by atoms with Crippen molar-refractivity contribution in [2.45, 2.75) is 38.8 Å². The van der Waals surface area contributed by atoms with Crippen molar-refractivity contribution in [1.82, 2.24) is 4.57 Å². The van der Waals surface area contributed by atoms with E-state index in [4.69, 9.17) is 4.74 Å². The van der Waals surface area contributed by atoms with Gasteiger partial charge >= 0.3 is 0 Å². The lowest BCUT2D eigenvalue weighted by Gasteiger charge is -2.12. The van der Waals surface area contributed by atoms with Crippen LogP contribution in [0.25, 0.3) is 0 Å². The zero-order valence-corrected chi connectivity index (χ0v) is 16.8. The fourth-order valence-electron chi connectivity index (χ4n) is 3.54. The normalized spacial score (nSPS) is 12.7. The fourth-order valence-corrected chi connectivity index (χ4v) is 3.54. The van der Waals surface area contributed by atoms with Gasteiger partial charge in [-0.3, -0.25) is 9.59 Å². The van der Waals surface area contributed by atoms with Crippen LogP contribution in [0, 0.1) is 11.8 Å². The van der Waals surface area contributed by atoms with Gasteiger partial charge in [-0.15, -0.1) is 11.8 Å². The summed E-state index contributed by atoms with van der Waals surface area (Å²) in [5, 5.41) is 0.